The number of phenols is 2. The van der Waals surface area contributed by atoms with Gasteiger partial charge in [0.1, 0.15) is 4.90 Å². The third-order valence-corrected chi connectivity index (χ3v) is 5.51. The number of nitrogen functional groups attached to an aromatic ring is 1. The second-order valence-electron chi connectivity index (χ2n) is 6.17. The number of carbonyl (C=O) groups is 1. The van der Waals surface area contributed by atoms with Crippen molar-refractivity contribution < 1.29 is 23.4 Å². The molecule has 0 heterocycles. The second kappa shape index (κ2) is 8.07. The molecule has 3 rings (SSSR count). The lowest BCUT2D eigenvalue weighted by molar-refractivity contribution is 0.104. The average Bonchev–Trinajstić information content (AvgIpc) is 2.69. The molecular formula is C21H18N2O5S. The van der Waals surface area contributed by atoms with Crippen molar-refractivity contribution in [1.29, 1.82) is 0 Å². The highest BCUT2D eigenvalue weighted by atomic mass is 32.2. The SMILES string of the molecule is Nc1ccccc1S(=O)(=O)Nc1ccc(C(=O)C=Cc2ccc(O)c(O)c2)cc1. The Balaban J connectivity index is 1.72. The van der Waals surface area contributed by atoms with Crippen molar-refractivity contribution in [3.63, 3.8) is 0 Å². The highest BCUT2D eigenvalue weighted by Gasteiger charge is 2.17. The molecule has 0 radical (unpaired) electrons. The topological polar surface area (TPSA) is 130 Å². The summed E-state index contributed by atoms with van der Waals surface area (Å²) in [5, 5.41) is 18.8. The van der Waals surface area contributed by atoms with Crippen molar-refractivity contribution in [2.75, 3.05) is 10.5 Å². The van der Waals surface area contributed by atoms with Crippen molar-refractivity contribution >= 4 is 33.3 Å². The monoisotopic (exact) mass is 410 g/mol. The van der Waals surface area contributed by atoms with Crippen molar-refractivity contribution in [2.45, 2.75) is 4.90 Å². The highest BCUT2D eigenvalue weighted by molar-refractivity contribution is 7.92. The van der Waals surface area contributed by atoms with Gasteiger partial charge in [0.05, 0.1) is 5.69 Å². The van der Waals surface area contributed by atoms with Crippen LogP contribution in [0.25, 0.3) is 6.08 Å². The predicted octanol–water partition coefficient (Wildman–Crippen LogP) is 3.38. The summed E-state index contributed by atoms with van der Waals surface area (Å²) >= 11 is 0. The van der Waals surface area contributed by atoms with Gasteiger partial charge in [-0.05, 0) is 60.2 Å². The molecule has 3 aromatic rings. The number of aromatic hydroxyl groups is 2. The molecule has 0 saturated heterocycles. The lowest BCUT2D eigenvalue weighted by atomic mass is 10.1. The van der Waals surface area contributed by atoms with E-state index in [9.17, 15) is 23.4 Å². The van der Waals surface area contributed by atoms with Crippen LogP contribution in [0.1, 0.15) is 15.9 Å². The molecular weight excluding hydrogens is 392 g/mol. The Kier molecular flexibility index (Phi) is 5.56. The summed E-state index contributed by atoms with van der Waals surface area (Å²) in [5.74, 6) is -0.835. The van der Waals surface area contributed by atoms with Gasteiger partial charge in [0.2, 0.25) is 0 Å². The van der Waals surface area contributed by atoms with Crippen molar-refractivity contribution in [3.05, 3.63) is 83.9 Å². The maximum Gasteiger partial charge on any atom is 0.263 e. The summed E-state index contributed by atoms with van der Waals surface area (Å²) in [4.78, 5) is 12.3. The Labute approximate surface area is 167 Å². The van der Waals surface area contributed by atoms with Crippen LogP contribution in [-0.2, 0) is 10.0 Å². The van der Waals surface area contributed by atoms with Crippen LogP contribution >= 0.6 is 0 Å². The van der Waals surface area contributed by atoms with Crippen molar-refractivity contribution in [1.82, 2.24) is 0 Å². The van der Waals surface area contributed by atoms with Crippen LogP contribution in [0.3, 0.4) is 0 Å². The van der Waals surface area contributed by atoms with Crippen LogP contribution in [0.15, 0.2) is 77.7 Å². The summed E-state index contributed by atoms with van der Waals surface area (Å²) < 4.78 is 27.3. The number of sulfonamides is 1. The molecule has 0 aromatic heterocycles. The predicted molar refractivity (Wildman–Crippen MR) is 111 cm³/mol. The van der Waals surface area contributed by atoms with E-state index in [0.29, 0.717) is 11.1 Å². The number of para-hydroxylation sites is 1. The molecule has 0 aliphatic carbocycles. The maximum atomic E-state index is 12.4. The zero-order valence-electron chi connectivity index (χ0n) is 15.1. The van der Waals surface area contributed by atoms with E-state index in [-0.39, 0.29) is 33.6 Å². The third kappa shape index (κ3) is 4.74. The van der Waals surface area contributed by atoms with Crippen LogP contribution in [0.5, 0.6) is 11.5 Å². The summed E-state index contributed by atoms with van der Waals surface area (Å²) in [6, 6.07) is 16.2. The van der Waals surface area contributed by atoms with E-state index in [1.807, 2.05) is 0 Å². The molecule has 148 valence electrons. The highest BCUT2D eigenvalue weighted by Crippen LogP contribution is 2.25. The van der Waals surface area contributed by atoms with Gasteiger partial charge in [-0.15, -0.1) is 0 Å². The summed E-state index contributed by atoms with van der Waals surface area (Å²) in [7, 11) is -3.85. The minimum absolute atomic E-state index is 0.0276. The molecule has 8 heteroatoms. The molecule has 29 heavy (non-hydrogen) atoms. The molecule has 0 unspecified atom stereocenters. The number of phenolic OH excluding ortho intramolecular Hbond substituents is 2. The summed E-state index contributed by atoms with van der Waals surface area (Å²) in [5.41, 5.74) is 7.04. The smallest absolute Gasteiger partial charge is 0.263 e. The number of ketones is 1. The van der Waals surface area contributed by atoms with Crippen LogP contribution in [0.4, 0.5) is 11.4 Å². The molecule has 0 aliphatic heterocycles. The number of hydrogen-bond donors (Lipinski definition) is 4. The van der Waals surface area contributed by atoms with Gasteiger partial charge in [0.15, 0.2) is 17.3 Å². The van der Waals surface area contributed by atoms with Gasteiger partial charge < -0.3 is 15.9 Å². The molecule has 0 aliphatic rings. The largest absolute Gasteiger partial charge is 0.504 e. The maximum absolute atomic E-state index is 12.4. The first-order valence-corrected chi connectivity index (χ1v) is 9.96. The fraction of sp³-hybridized carbons (Fsp3) is 0. The van der Waals surface area contributed by atoms with E-state index >= 15 is 0 Å². The Bertz CT molecular complexity index is 1190. The molecule has 7 nitrogen and oxygen atoms in total. The van der Waals surface area contributed by atoms with Gasteiger partial charge in [0.25, 0.3) is 10.0 Å². The van der Waals surface area contributed by atoms with Crippen molar-refractivity contribution in [3.8, 4) is 11.5 Å². The Morgan fingerprint density at radius 2 is 1.62 bits per heavy atom. The zero-order valence-corrected chi connectivity index (χ0v) is 15.9. The molecule has 0 saturated carbocycles. The lowest BCUT2D eigenvalue weighted by Crippen LogP contribution is -2.14. The number of benzene rings is 3. The van der Waals surface area contributed by atoms with Gasteiger partial charge >= 0.3 is 0 Å². The van der Waals surface area contributed by atoms with Crippen LogP contribution in [-0.4, -0.2) is 24.4 Å². The first-order chi connectivity index (χ1) is 13.8. The fourth-order valence-electron chi connectivity index (χ4n) is 2.55. The first kappa shape index (κ1) is 20.0. The quantitative estimate of drug-likeness (QED) is 0.213. The van der Waals surface area contributed by atoms with E-state index in [1.165, 1.54) is 60.7 Å². The lowest BCUT2D eigenvalue weighted by Gasteiger charge is -2.10. The number of rotatable bonds is 6. The van der Waals surface area contributed by atoms with Crippen LogP contribution in [0.2, 0.25) is 0 Å². The van der Waals surface area contributed by atoms with Gasteiger partial charge in [-0.1, -0.05) is 24.3 Å². The average molecular weight is 410 g/mol. The molecule has 0 spiro atoms. The molecule has 0 atom stereocenters. The van der Waals surface area contributed by atoms with Gasteiger partial charge in [0, 0.05) is 11.3 Å². The van der Waals surface area contributed by atoms with Gasteiger partial charge in [-0.3, -0.25) is 9.52 Å². The second-order valence-corrected chi connectivity index (χ2v) is 7.82. The first-order valence-electron chi connectivity index (χ1n) is 8.48. The third-order valence-electron chi connectivity index (χ3n) is 4.06. The van der Waals surface area contributed by atoms with E-state index in [2.05, 4.69) is 4.72 Å². The Morgan fingerprint density at radius 3 is 2.28 bits per heavy atom. The minimum Gasteiger partial charge on any atom is -0.504 e. The summed E-state index contributed by atoms with van der Waals surface area (Å²) in [6.45, 7) is 0. The number of carbonyl (C=O) groups excluding carboxylic acids is 1. The van der Waals surface area contributed by atoms with E-state index in [0.717, 1.165) is 0 Å². The number of hydrogen-bond acceptors (Lipinski definition) is 6. The van der Waals surface area contributed by atoms with E-state index < -0.39 is 10.0 Å². The van der Waals surface area contributed by atoms with Crippen molar-refractivity contribution in [2.24, 2.45) is 0 Å². The standard InChI is InChI=1S/C21H18N2O5S/c22-17-3-1-2-4-21(17)29(27,28)23-16-9-7-15(8-10-16)18(24)11-5-14-6-12-19(25)20(26)13-14/h1-13,23,25-26H,22H2. The van der Waals surface area contributed by atoms with Gasteiger partial charge in [-0.25, -0.2) is 8.42 Å². The Morgan fingerprint density at radius 1 is 0.931 bits per heavy atom. The summed E-state index contributed by atoms with van der Waals surface area (Å²) in [6.07, 6.45) is 2.81. The molecule has 0 bridgehead atoms. The van der Waals surface area contributed by atoms with Gasteiger partial charge in [-0.2, -0.15) is 0 Å². The van der Waals surface area contributed by atoms with E-state index in [1.54, 1.807) is 18.2 Å². The number of allylic oxidation sites excluding steroid dienone is 1. The molecule has 3 aromatic carbocycles. The van der Waals surface area contributed by atoms with E-state index in [4.69, 9.17) is 5.73 Å². The minimum atomic E-state index is -3.85. The zero-order chi connectivity index (χ0) is 21.0. The van der Waals surface area contributed by atoms with Crippen LogP contribution < -0.4 is 10.5 Å². The molecule has 5 N–H and O–H groups in total. The molecule has 0 amide bonds. The number of anilines is 2. The van der Waals surface area contributed by atoms with Crippen LogP contribution in [0, 0.1) is 0 Å². The molecule has 0 fully saturated rings. The normalized spacial score (nSPS) is 11.4. The number of nitrogens with two attached hydrogens (primary N) is 1. The Hall–Kier alpha value is -3.78. The number of nitrogens with one attached hydrogen (secondary N) is 1. The fourth-order valence-corrected chi connectivity index (χ4v) is 3.74.